The molecule has 2 aromatic heterocycles. The number of pyridine rings is 1. The molecule has 5 heteroatoms. The number of aromatic hydroxyl groups is 1. The maximum atomic E-state index is 9.85. The quantitative estimate of drug-likeness (QED) is 0.772. The van der Waals surface area contributed by atoms with Crippen molar-refractivity contribution in [3.8, 4) is 5.88 Å². The smallest absolute Gasteiger partial charge is 0.225 e. The maximum absolute atomic E-state index is 9.85. The van der Waals surface area contributed by atoms with Crippen molar-refractivity contribution in [3.05, 3.63) is 53.2 Å². The second-order valence-electron chi connectivity index (χ2n) is 5.70. The number of nitrogens with zero attached hydrogens (tertiary/aromatic N) is 3. The van der Waals surface area contributed by atoms with E-state index in [1.165, 1.54) is 5.56 Å². The molecule has 2 heterocycles. The highest BCUT2D eigenvalue weighted by Gasteiger charge is 2.06. The standard InChI is InChI=1S/C18H18N4O/c1-11(2)14-7-5-12(6-8-14)3-4-13-9-15-16(20-10-13)21-18(19)22-17(15)23/h3-11H,1-2H3,(H3,19,20,21,22,23)/b4-3+. The summed E-state index contributed by atoms with van der Waals surface area (Å²) in [4.78, 5) is 11.9. The molecule has 0 amide bonds. The summed E-state index contributed by atoms with van der Waals surface area (Å²) in [5, 5.41) is 10.3. The van der Waals surface area contributed by atoms with Crippen molar-refractivity contribution in [3.63, 3.8) is 0 Å². The molecule has 3 N–H and O–H groups in total. The van der Waals surface area contributed by atoms with Gasteiger partial charge in [-0.15, -0.1) is 0 Å². The van der Waals surface area contributed by atoms with Gasteiger partial charge in [0.25, 0.3) is 0 Å². The first-order valence-electron chi connectivity index (χ1n) is 7.43. The first kappa shape index (κ1) is 15.0. The van der Waals surface area contributed by atoms with Gasteiger partial charge >= 0.3 is 0 Å². The van der Waals surface area contributed by atoms with Gasteiger partial charge in [-0.05, 0) is 28.7 Å². The molecule has 23 heavy (non-hydrogen) atoms. The number of hydrogen-bond donors (Lipinski definition) is 2. The molecule has 0 aliphatic heterocycles. The van der Waals surface area contributed by atoms with Crippen molar-refractivity contribution in [2.75, 3.05) is 5.73 Å². The third-order valence-electron chi connectivity index (χ3n) is 3.64. The van der Waals surface area contributed by atoms with E-state index in [9.17, 15) is 5.11 Å². The lowest BCUT2D eigenvalue weighted by Crippen LogP contribution is -1.96. The number of aromatic nitrogens is 3. The molecule has 0 saturated carbocycles. The van der Waals surface area contributed by atoms with E-state index >= 15 is 0 Å². The van der Waals surface area contributed by atoms with Crippen molar-refractivity contribution in [2.24, 2.45) is 0 Å². The molecular weight excluding hydrogens is 288 g/mol. The zero-order valence-electron chi connectivity index (χ0n) is 13.1. The minimum Gasteiger partial charge on any atom is -0.493 e. The van der Waals surface area contributed by atoms with Gasteiger partial charge in [-0.3, -0.25) is 0 Å². The number of fused-ring (bicyclic) bond motifs is 1. The topological polar surface area (TPSA) is 84.9 Å². The number of nitrogens with two attached hydrogens (primary N) is 1. The second-order valence-corrected chi connectivity index (χ2v) is 5.70. The van der Waals surface area contributed by atoms with Gasteiger partial charge in [0.2, 0.25) is 11.8 Å². The van der Waals surface area contributed by atoms with Gasteiger partial charge in [-0.1, -0.05) is 50.3 Å². The lowest BCUT2D eigenvalue weighted by Gasteiger charge is -2.04. The normalized spacial score (nSPS) is 11.6. The van der Waals surface area contributed by atoms with E-state index in [4.69, 9.17) is 5.73 Å². The van der Waals surface area contributed by atoms with Crippen LogP contribution in [0.15, 0.2) is 36.5 Å². The highest BCUT2D eigenvalue weighted by molar-refractivity contribution is 5.84. The zero-order valence-corrected chi connectivity index (χ0v) is 13.1. The third-order valence-corrected chi connectivity index (χ3v) is 3.64. The first-order valence-corrected chi connectivity index (χ1v) is 7.43. The SMILES string of the molecule is CC(C)c1ccc(/C=C/c2cnc3nc(N)nc(O)c3c2)cc1. The molecule has 0 unspecified atom stereocenters. The highest BCUT2D eigenvalue weighted by atomic mass is 16.3. The average Bonchev–Trinajstić information content (AvgIpc) is 2.53. The lowest BCUT2D eigenvalue weighted by atomic mass is 10.0. The minimum absolute atomic E-state index is 0.0102. The fourth-order valence-electron chi connectivity index (χ4n) is 2.31. The van der Waals surface area contributed by atoms with Crippen LogP contribution >= 0.6 is 0 Å². The largest absolute Gasteiger partial charge is 0.493 e. The molecule has 0 atom stereocenters. The molecule has 0 aliphatic carbocycles. The molecule has 0 aliphatic rings. The molecule has 5 nitrogen and oxygen atoms in total. The maximum Gasteiger partial charge on any atom is 0.225 e. The number of anilines is 1. The van der Waals surface area contributed by atoms with E-state index in [-0.39, 0.29) is 11.8 Å². The van der Waals surface area contributed by atoms with E-state index in [0.717, 1.165) is 11.1 Å². The Morgan fingerprint density at radius 3 is 2.43 bits per heavy atom. The zero-order chi connectivity index (χ0) is 16.4. The predicted molar refractivity (Wildman–Crippen MR) is 92.9 cm³/mol. The van der Waals surface area contributed by atoms with Crippen LogP contribution in [0.25, 0.3) is 23.2 Å². The molecule has 116 valence electrons. The Morgan fingerprint density at radius 2 is 1.74 bits per heavy atom. The number of nitrogen functional groups attached to an aromatic ring is 1. The fraction of sp³-hybridized carbons (Fsp3) is 0.167. The summed E-state index contributed by atoms with van der Waals surface area (Å²) in [6.45, 7) is 4.35. The van der Waals surface area contributed by atoms with Crippen molar-refractivity contribution >= 4 is 29.1 Å². The van der Waals surface area contributed by atoms with E-state index in [1.807, 2.05) is 12.2 Å². The third kappa shape index (κ3) is 3.29. The van der Waals surface area contributed by atoms with Crippen molar-refractivity contribution in [1.29, 1.82) is 0 Å². The van der Waals surface area contributed by atoms with Crippen LogP contribution in [0.4, 0.5) is 5.95 Å². The van der Waals surface area contributed by atoms with Crippen molar-refractivity contribution in [1.82, 2.24) is 15.0 Å². The summed E-state index contributed by atoms with van der Waals surface area (Å²) in [5.74, 6) is 0.376. The van der Waals surface area contributed by atoms with Crippen LogP contribution in [-0.2, 0) is 0 Å². The molecule has 3 rings (SSSR count). The molecule has 0 bridgehead atoms. The number of hydrogen-bond acceptors (Lipinski definition) is 5. The fourth-order valence-corrected chi connectivity index (χ4v) is 2.31. The average molecular weight is 306 g/mol. The number of benzene rings is 1. The molecule has 0 saturated heterocycles. The highest BCUT2D eigenvalue weighted by Crippen LogP contribution is 2.22. The minimum atomic E-state index is -0.156. The second kappa shape index (κ2) is 6.04. The predicted octanol–water partition coefficient (Wildman–Crippen LogP) is 3.61. The monoisotopic (exact) mass is 306 g/mol. The van der Waals surface area contributed by atoms with Crippen LogP contribution in [0.2, 0.25) is 0 Å². The Kier molecular flexibility index (Phi) is 3.93. The molecule has 0 fully saturated rings. The Balaban J connectivity index is 1.88. The first-order chi connectivity index (χ1) is 11.0. The van der Waals surface area contributed by atoms with Crippen LogP contribution in [0.3, 0.4) is 0 Å². The summed E-state index contributed by atoms with van der Waals surface area (Å²) in [6.07, 6.45) is 5.63. The van der Waals surface area contributed by atoms with E-state index in [1.54, 1.807) is 12.3 Å². The van der Waals surface area contributed by atoms with Crippen LogP contribution < -0.4 is 5.73 Å². The summed E-state index contributed by atoms with van der Waals surface area (Å²) in [7, 11) is 0. The molecule has 1 aromatic carbocycles. The summed E-state index contributed by atoms with van der Waals surface area (Å²) < 4.78 is 0. The Labute approximate surface area is 134 Å². The van der Waals surface area contributed by atoms with E-state index in [2.05, 4.69) is 53.1 Å². The van der Waals surface area contributed by atoms with Gasteiger partial charge in [-0.2, -0.15) is 9.97 Å². The van der Waals surface area contributed by atoms with Crippen molar-refractivity contribution in [2.45, 2.75) is 19.8 Å². The Hall–Kier alpha value is -2.95. The van der Waals surface area contributed by atoms with Gasteiger partial charge in [0.05, 0.1) is 5.39 Å². The van der Waals surface area contributed by atoms with E-state index < -0.39 is 0 Å². The molecule has 0 radical (unpaired) electrons. The Morgan fingerprint density at radius 1 is 1.04 bits per heavy atom. The number of rotatable bonds is 3. The van der Waals surface area contributed by atoms with Crippen LogP contribution in [0.1, 0.15) is 36.5 Å². The summed E-state index contributed by atoms with van der Waals surface area (Å²) >= 11 is 0. The van der Waals surface area contributed by atoms with Gasteiger partial charge < -0.3 is 10.8 Å². The van der Waals surface area contributed by atoms with E-state index in [0.29, 0.717) is 17.0 Å². The molecular formula is C18H18N4O. The van der Waals surface area contributed by atoms with Crippen LogP contribution in [0, 0.1) is 0 Å². The van der Waals surface area contributed by atoms with Crippen LogP contribution in [-0.4, -0.2) is 20.1 Å². The van der Waals surface area contributed by atoms with Crippen LogP contribution in [0.5, 0.6) is 5.88 Å². The summed E-state index contributed by atoms with van der Waals surface area (Å²) in [6, 6.07) is 10.2. The van der Waals surface area contributed by atoms with Crippen molar-refractivity contribution < 1.29 is 5.11 Å². The molecule has 3 aromatic rings. The van der Waals surface area contributed by atoms with Gasteiger partial charge in [0.1, 0.15) is 0 Å². The molecule has 0 spiro atoms. The Bertz CT molecular complexity index is 870. The summed E-state index contributed by atoms with van der Waals surface area (Å²) in [5.41, 5.74) is 9.15. The van der Waals surface area contributed by atoms with Gasteiger partial charge in [-0.25, -0.2) is 4.98 Å². The van der Waals surface area contributed by atoms with Gasteiger partial charge in [0, 0.05) is 6.20 Å². The van der Waals surface area contributed by atoms with Gasteiger partial charge in [0.15, 0.2) is 5.65 Å². The lowest BCUT2D eigenvalue weighted by molar-refractivity contribution is 0.460.